The fourth-order valence-corrected chi connectivity index (χ4v) is 4.41. The topological polar surface area (TPSA) is 69.1 Å². The van der Waals surface area contributed by atoms with Crippen LogP contribution in [0.2, 0.25) is 5.02 Å². The van der Waals surface area contributed by atoms with Gasteiger partial charge in [0.25, 0.3) is 5.91 Å². The standard InChI is InChI=1S/C24H21ClF2N4O/c1-13-22(28)19(23(29-2)14-10-15(26)12-16(27)11-14)7-9-31(13)24(32)18-5-6-20-17(21(18)25)4-3-8-30-20/h3-6,8,10-13,28-29H,7,9H2,1-2H3/b23-19-,28-22?. The molecule has 8 heteroatoms. The molecule has 1 fully saturated rings. The molecule has 32 heavy (non-hydrogen) atoms. The van der Waals surface area contributed by atoms with Gasteiger partial charge in [0, 0.05) is 48.1 Å². The maximum Gasteiger partial charge on any atom is 0.255 e. The molecule has 1 atom stereocenters. The Kier molecular flexibility index (Phi) is 5.93. The number of benzene rings is 2. The van der Waals surface area contributed by atoms with Crippen molar-refractivity contribution in [3.05, 3.63) is 82.0 Å². The molecule has 2 aromatic carbocycles. The quantitative estimate of drug-likeness (QED) is 0.581. The van der Waals surface area contributed by atoms with Crippen molar-refractivity contribution in [1.29, 1.82) is 5.41 Å². The van der Waals surface area contributed by atoms with E-state index in [0.717, 1.165) is 6.07 Å². The lowest BCUT2D eigenvalue weighted by Crippen LogP contribution is -2.48. The SMILES string of the molecule is CN/C(=C1/CCN(C(=O)c2ccc3ncccc3c2Cl)C(C)C1=N)c1cc(F)cc(F)c1. The van der Waals surface area contributed by atoms with Gasteiger partial charge in [-0.05, 0) is 49.7 Å². The molecule has 2 N–H and O–H groups in total. The van der Waals surface area contributed by atoms with Crippen molar-refractivity contribution in [3.63, 3.8) is 0 Å². The molecule has 1 aliphatic heterocycles. The summed E-state index contributed by atoms with van der Waals surface area (Å²) < 4.78 is 27.5. The minimum Gasteiger partial charge on any atom is -0.387 e. The molecular formula is C24H21ClF2N4O. The van der Waals surface area contributed by atoms with Crippen molar-refractivity contribution in [2.24, 2.45) is 0 Å². The van der Waals surface area contributed by atoms with Crippen molar-refractivity contribution in [2.45, 2.75) is 19.4 Å². The van der Waals surface area contributed by atoms with Crippen molar-refractivity contribution >= 4 is 39.8 Å². The van der Waals surface area contributed by atoms with Crippen LogP contribution in [0, 0.1) is 17.0 Å². The lowest BCUT2D eigenvalue weighted by atomic mass is 9.90. The van der Waals surface area contributed by atoms with E-state index in [1.165, 1.54) is 12.1 Å². The van der Waals surface area contributed by atoms with E-state index in [-0.39, 0.29) is 11.6 Å². The molecule has 0 aliphatic carbocycles. The first-order valence-electron chi connectivity index (χ1n) is 10.1. The Labute approximate surface area is 189 Å². The Bertz CT molecular complexity index is 1250. The van der Waals surface area contributed by atoms with E-state index in [9.17, 15) is 13.6 Å². The van der Waals surface area contributed by atoms with Gasteiger partial charge in [-0.25, -0.2) is 8.78 Å². The summed E-state index contributed by atoms with van der Waals surface area (Å²) in [5.74, 6) is -1.66. The lowest BCUT2D eigenvalue weighted by Gasteiger charge is -2.36. The van der Waals surface area contributed by atoms with Crippen molar-refractivity contribution < 1.29 is 13.6 Å². The van der Waals surface area contributed by atoms with Gasteiger partial charge in [0.1, 0.15) is 11.6 Å². The monoisotopic (exact) mass is 454 g/mol. The molecule has 0 saturated carbocycles. The zero-order valence-electron chi connectivity index (χ0n) is 17.5. The number of rotatable bonds is 3. The van der Waals surface area contributed by atoms with Crippen LogP contribution in [0.3, 0.4) is 0 Å². The number of amides is 1. The predicted octanol–water partition coefficient (Wildman–Crippen LogP) is 5.05. The Morgan fingerprint density at radius 2 is 1.94 bits per heavy atom. The number of carbonyl (C=O) groups excluding carboxylic acids is 1. The normalized spacial score (nSPS) is 18.1. The Hall–Kier alpha value is -3.32. The third kappa shape index (κ3) is 3.84. The zero-order valence-corrected chi connectivity index (χ0v) is 18.3. The first kappa shape index (κ1) is 21.9. The van der Waals surface area contributed by atoms with Crippen molar-refractivity contribution in [3.8, 4) is 0 Å². The number of carbonyl (C=O) groups is 1. The van der Waals surface area contributed by atoms with Gasteiger partial charge in [-0.15, -0.1) is 0 Å². The second-order valence-electron chi connectivity index (χ2n) is 7.60. The summed E-state index contributed by atoms with van der Waals surface area (Å²) in [4.78, 5) is 19.2. The zero-order chi connectivity index (χ0) is 23.0. The predicted molar refractivity (Wildman–Crippen MR) is 122 cm³/mol. The second kappa shape index (κ2) is 8.67. The number of hydrogen-bond acceptors (Lipinski definition) is 4. The highest BCUT2D eigenvalue weighted by molar-refractivity contribution is 6.38. The highest BCUT2D eigenvalue weighted by atomic mass is 35.5. The van der Waals surface area contributed by atoms with E-state index in [2.05, 4.69) is 10.3 Å². The van der Waals surface area contributed by atoms with E-state index >= 15 is 0 Å². The van der Waals surface area contributed by atoms with Crippen LogP contribution in [0.25, 0.3) is 16.6 Å². The van der Waals surface area contributed by atoms with Crippen LogP contribution in [0.15, 0.2) is 54.2 Å². The fourth-order valence-electron chi connectivity index (χ4n) is 4.11. The van der Waals surface area contributed by atoms with Gasteiger partial charge in [0.2, 0.25) is 0 Å². The largest absolute Gasteiger partial charge is 0.387 e. The number of piperidine rings is 1. The molecule has 1 saturated heterocycles. The number of pyridine rings is 1. The average molecular weight is 455 g/mol. The van der Waals surface area contributed by atoms with Gasteiger partial charge in [-0.2, -0.15) is 0 Å². The number of nitrogens with zero attached hydrogens (tertiary/aromatic N) is 2. The van der Waals surface area contributed by atoms with Crippen LogP contribution in [0.5, 0.6) is 0 Å². The molecule has 0 radical (unpaired) electrons. The Morgan fingerprint density at radius 3 is 2.62 bits per heavy atom. The van der Waals surface area contributed by atoms with Crippen molar-refractivity contribution in [1.82, 2.24) is 15.2 Å². The molecule has 164 valence electrons. The van der Waals surface area contributed by atoms with E-state index in [0.29, 0.717) is 51.3 Å². The Morgan fingerprint density at radius 1 is 1.22 bits per heavy atom. The first-order valence-corrected chi connectivity index (χ1v) is 10.5. The summed E-state index contributed by atoms with van der Waals surface area (Å²) in [6.45, 7) is 2.09. The minimum absolute atomic E-state index is 0.206. The number of likely N-dealkylation sites (tertiary alicyclic amines) is 1. The summed E-state index contributed by atoms with van der Waals surface area (Å²) >= 11 is 6.52. The number of fused-ring (bicyclic) bond motifs is 1. The third-order valence-corrected chi connectivity index (χ3v) is 6.13. The average Bonchev–Trinajstić information content (AvgIpc) is 2.76. The van der Waals surface area contributed by atoms with Gasteiger partial charge >= 0.3 is 0 Å². The maximum atomic E-state index is 13.8. The van der Waals surface area contributed by atoms with Crippen LogP contribution in [-0.4, -0.2) is 41.1 Å². The van der Waals surface area contributed by atoms with Gasteiger partial charge < -0.3 is 15.6 Å². The molecule has 1 amide bonds. The molecule has 1 aromatic heterocycles. The van der Waals surface area contributed by atoms with Gasteiger partial charge in [0.05, 0.1) is 27.9 Å². The first-order chi connectivity index (χ1) is 15.3. The molecule has 0 bridgehead atoms. The van der Waals surface area contributed by atoms with Gasteiger partial charge in [0.15, 0.2) is 0 Å². The number of hydrogen-bond donors (Lipinski definition) is 2. The van der Waals surface area contributed by atoms with Crippen LogP contribution in [0.1, 0.15) is 29.3 Å². The molecule has 0 spiro atoms. The molecule has 1 unspecified atom stereocenters. The summed E-state index contributed by atoms with van der Waals surface area (Å²) in [6.07, 6.45) is 2.02. The number of halogens is 3. The van der Waals surface area contributed by atoms with Crippen LogP contribution < -0.4 is 5.32 Å². The van der Waals surface area contributed by atoms with Crippen LogP contribution in [0.4, 0.5) is 8.78 Å². The van der Waals surface area contributed by atoms with E-state index in [1.54, 1.807) is 49.3 Å². The summed E-state index contributed by atoms with van der Waals surface area (Å²) in [5.41, 5.74) is 2.66. The van der Waals surface area contributed by atoms with E-state index in [4.69, 9.17) is 17.0 Å². The molecule has 1 aliphatic rings. The highest BCUT2D eigenvalue weighted by Gasteiger charge is 2.33. The fraction of sp³-hybridized carbons (Fsp3) is 0.208. The molecule has 3 aromatic rings. The number of aromatic nitrogens is 1. The van der Waals surface area contributed by atoms with Gasteiger partial charge in [-0.3, -0.25) is 9.78 Å². The second-order valence-corrected chi connectivity index (χ2v) is 7.98. The maximum absolute atomic E-state index is 13.8. The Balaban J connectivity index is 1.67. The third-order valence-electron chi connectivity index (χ3n) is 5.73. The molecule has 4 rings (SSSR count). The van der Waals surface area contributed by atoms with E-state index < -0.39 is 17.7 Å². The van der Waals surface area contributed by atoms with Crippen molar-refractivity contribution in [2.75, 3.05) is 13.6 Å². The van der Waals surface area contributed by atoms with Crippen LogP contribution >= 0.6 is 11.6 Å². The highest BCUT2D eigenvalue weighted by Crippen LogP contribution is 2.31. The van der Waals surface area contributed by atoms with E-state index in [1.807, 2.05) is 0 Å². The lowest BCUT2D eigenvalue weighted by molar-refractivity contribution is 0.0728. The summed E-state index contributed by atoms with van der Waals surface area (Å²) in [6, 6.07) is 9.66. The summed E-state index contributed by atoms with van der Waals surface area (Å²) in [7, 11) is 1.64. The smallest absolute Gasteiger partial charge is 0.255 e. The minimum atomic E-state index is -0.694. The summed E-state index contributed by atoms with van der Waals surface area (Å²) in [5, 5.41) is 12.7. The molecule has 2 heterocycles. The molecule has 5 nitrogen and oxygen atoms in total. The van der Waals surface area contributed by atoms with Crippen LogP contribution in [-0.2, 0) is 0 Å². The number of nitrogens with one attached hydrogen (secondary N) is 2. The van der Waals surface area contributed by atoms with Gasteiger partial charge in [-0.1, -0.05) is 11.6 Å². The molecular weight excluding hydrogens is 434 g/mol.